The molecule has 0 aliphatic rings. The molecule has 2 N–H and O–H groups in total. The molecule has 9 heteroatoms. The van der Waals surface area contributed by atoms with Crippen molar-refractivity contribution in [2.75, 3.05) is 5.32 Å². The van der Waals surface area contributed by atoms with E-state index in [-0.39, 0.29) is 5.11 Å². The molecule has 184 valence electrons. The summed E-state index contributed by atoms with van der Waals surface area (Å²) in [7, 11) is 0. The van der Waals surface area contributed by atoms with Gasteiger partial charge >= 0.3 is 0 Å². The number of carbonyl (C=O) groups excluding carboxylic acids is 1. The Bertz CT molecular complexity index is 1620. The fraction of sp³-hybridized carbons (Fsp3) is 0.0357. The van der Waals surface area contributed by atoms with Crippen molar-refractivity contribution in [3.63, 3.8) is 0 Å². The molecule has 37 heavy (non-hydrogen) atoms. The highest BCUT2D eigenvalue weighted by atomic mass is 35.5. The second-order valence-corrected chi connectivity index (χ2v) is 9.43. The van der Waals surface area contributed by atoms with Gasteiger partial charge in [0.15, 0.2) is 10.7 Å². The molecular formula is C28H19Cl2N3O3S. The van der Waals surface area contributed by atoms with Gasteiger partial charge in [0.1, 0.15) is 17.0 Å². The number of nitrogens with zero attached hydrogens (tertiary/aromatic N) is 1. The molecule has 0 spiro atoms. The fourth-order valence-electron chi connectivity index (χ4n) is 3.64. The highest BCUT2D eigenvalue weighted by Crippen LogP contribution is 2.29. The summed E-state index contributed by atoms with van der Waals surface area (Å²) in [5, 5.41) is 6.87. The molecule has 0 saturated carbocycles. The highest BCUT2D eigenvalue weighted by molar-refractivity contribution is 7.80. The van der Waals surface area contributed by atoms with Crippen molar-refractivity contribution in [1.29, 1.82) is 0 Å². The Morgan fingerprint density at radius 1 is 0.946 bits per heavy atom. The van der Waals surface area contributed by atoms with Gasteiger partial charge in [-0.2, -0.15) is 0 Å². The van der Waals surface area contributed by atoms with Crippen LogP contribution in [0.3, 0.4) is 0 Å². The average Bonchev–Trinajstić information content (AvgIpc) is 3.51. The summed E-state index contributed by atoms with van der Waals surface area (Å²) in [6.07, 6.45) is 2.88. The average molecular weight is 548 g/mol. The fourth-order valence-corrected chi connectivity index (χ4v) is 4.38. The molecule has 0 radical (unpaired) electrons. The number of thiocarbonyl (C=S) groups is 1. The first kappa shape index (κ1) is 24.8. The van der Waals surface area contributed by atoms with Crippen LogP contribution in [-0.2, 0) is 4.79 Å². The minimum atomic E-state index is -0.408. The van der Waals surface area contributed by atoms with E-state index in [4.69, 9.17) is 44.3 Å². The zero-order valence-electron chi connectivity index (χ0n) is 19.4. The van der Waals surface area contributed by atoms with Crippen LogP contribution in [0.1, 0.15) is 11.3 Å². The second kappa shape index (κ2) is 10.6. The molecule has 0 aliphatic carbocycles. The van der Waals surface area contributed by atoms with Gasteiger partial charge in [0.25, 0.3) is 0 Å². The zero-order valence-corrected chi connectivity index (χ0v) is 21.7. The molecule has 0 unspecified atom stereocenters. The van der Waals surface area contributed by atoms with E-state index in [9.17, 15) is 4.79 Å². The topological polar surface area (TPSA) is 80.3 Å². The monoisotopic (exact) mass is 547 g/mol. The Morgan fingerprint density at radius 2 is 1.73 bits per heavy atom. The minimum absolute atomic E-state index is 0.154. The number of para-hydroxylation sites is 2. The van der Waals surface area contributed by atoms with E-state index >= 15 is 0 Å². The van der Waals surface area contributed by atoms with Gasteiger partial charge in [0, 0.05) is 32.9 Å². The minimum Gasteiger partial charge on any atom is -0.457 e. The molecule has 2 aromatic heterocycles. The van der Waals surface area contributed by atoms with Crippen molar-refractivity contribution in [2.45, 2.75) is 6.92 Å². The number of hydrogen-bond donors (Lipinski definition) is 2. The van der Waals surface area contributed by atoms with Crippen LogP contribution in [0.15, 0.2) is 87.7 Å². The molecule has 0 atom stereocenters. The third kappa shape index (κ3) is 5.91. The van der Waals surface area contributed by atoms with Crippen LogP contribution in [0, 0.1) is 6.92 Å². The summed E-state index contributed by atoms with van der Waals surface area (Å²) in [6, 6.07) is 22.0. The number of aromatic nitrogens is 1. The van der Waals surface area contributed by atoms with Crippen LogP contribution in [0.2, 0.25) is 10.0 Å². The molecule has 2 heterocycles. The normalized spacial score (nSPS) is 11.2. The number of halogens is 2. The van der Waals surface area contributed by atoms with Crippen molar-refractivity contribution < 1.29 is 13.6 Å². The first-order valence-electron chi connectivity index (χ1n) is 11.2. The molecule has 5 aromatic rings. The SMILES string of the molecule is Cc1ccc(-c2nc3ccccc3o2)cc1NC(=S)NC(=O)/C=C/c1ccc(-c2cc(Cl)cc(Cl)c2)o1. The van der Waals surface area contributed by atoms with Gasteiger partial charge in [-0.3, -0.25) is 10.1 Å². The molecule has 3 aromatic carbocycles. The Morgan fingerprint density at radius 3 is 2.51 bits per heavy atom. The predicted molar refractivity (Wildman–Crippen MR) is 152 cm³/mol. The maximum absolute atomic E-state index is 12.4. The van der Waals surface area contributed by atoms with Gasteiger partial charge in [-0.15, -0.1) is 0 Å². The van der Waals surface area contributed by atoms with Gasteiger partial charge in [0.2, 0.25) is 11.8 Å². The number of furan rings is 1. The second-order valence-electron chi connectivity index (χ2n) is 8.15. The van der Waals surface area contributed by atoms with E-state index in [1.807, 2.05) is 49.4 Å². The smallest absolute Gasteiger partial charge is 0.250 e. The lowest BCUT2D eigenvalue weighted by Crippen LogP contribution is -2.33. The van der Waals surface area contributed by atoms with Crippen LogP contribution >= 0.6 is 35.4 Å². The molecule has 0 saturated heterocycles. The maximum Gasteiger partial charge on any atom is 0.250 e. The number of carbonyl (C=O) groups is 1. The quantitative estimate of drug-likeness (QED) is 0.172. The number of hydrogen-bond acceptors (Lipinski definition) is 5. The van der Waals surface area contributed by atoms with Crippen LogP contribution in [0.4, 0.5) is 5.69 Å². The zero-order chi connectivity index (χ0) is 25.9. The van der Waals surface area contributed by atoms with Gasteiger partial charge in [0.05, 0.1) is 0 Å². The number of fused-ring (bicyclic) bond motifs is 1. The maximum atomic E-state index is 12.4. The first-order valence-corrected chi connectivity index (χ1v) is 12.3. The third-order valence-electron chi connectivity index (χ3n) is 5.44. The van der Waals surface area contributed by atoms with Crippen LogP contribution in [-0.4, -0.2) is 16.0 Å². The Kier molecular flexibility index (Phi) is 7.10. The summed E-state index contributed by atoms with van der Waals surface area (Å²) in [5.41, 5.74) is 4.68. The van der Waals surface area contributed by atoms with Gasteiger partial charge in [-0.25, -0.2) is 4.98 Å². The summed E-state index contributed by atoms with van der Waals surface area (Å²) in [5.74, 6) is 1.16. The van der Waals surface area contributed by atoms with Crippen LogP contribution in [0.5, 0.6) is 0 Å². The van der Waals surface area contributed by atoms with Crippen molar-refractivity contribution >= 4 is 69.3 Å². The van der Waals surface area contributed by atoms with E-state index in [0.29, 0.717) is 33.0 Å². The molecule has 0 aliphatic heterocycles. The summed E-state index contributed by atoms with van der Waals surface area (Å²) >= 11 is 17.5. The van der Waals surface area contributed by atoms with E-state index in [0.717, 1.165) is 27.9 Å². The number of nitrogens with one attached hydrogen (secondary N) is 2. The molecule has 6 nitrogen and oxygen atoms in total. The number of aryl methyl sites for hydroxylation is 1. The van der Waals surface area contributed by atoms with Crippen molar-refractivity contribution in [2.24, 2.45) is 0 Å². The van der Waals surface area contributed by atoms with Crippen LogP contribution in [0.25, 0.3) is 40.0 Å². The Labute approximate surface area is 227 Å². The van der Waals surface area contributed by atoms with E-state index in [1.165, 1.54) is 6.08 Å². The number of amides is 1. The molecule has 0 bridgehead atoms. The largest absolute Gasteiger partial charge is 0.457 e. The van der Waals surface area contributed by atoms with Gasteiger partial charge in [-0.05, 0) is 85.4 Å². The number of anilines is 1. The summed E-state index contributed by atoms with van der Waals surface area (Å²) in [6.45, 7) is 1.93. The standard InChI is InChI=1S/C28H19Cl2N3O3S/c1-16-6-7-17(27-31-22-4-2-3-5-25(22)36-27)14-23(16)32-28(37)33-26(34)11-9-21-8-10-24(35-21)18-12-19(29)15-20(30)13-18/h2-15H,1H3,(H2,32,33,34,37)/b11-9+. The van der Waals surface area contributed by atoms with Crippen molar-refractivity contribution in [1.82, 2.24) is 10.3 Å². The molecule has 0 fully saturated rings. The Hall–Kier alpha value is -3.91. The number of oxazole rings is 1. The summed E-state index contributed by atoms with van der Waals surface area (Å²) < 4.78 is 11.6. The first-order chi connectivity index (χ1) is 17.8. The lowest BCUT2D eigenvalue weighted by atomic mass is 10.1. The highest BCUT2D eigenvalue weighted by Gasteiger charge is 2.11. The number of rotatable bonds is 5. The van der Waals surface area contributed by atoms with Crippen LogP contribution < -0.4 is 10.6 Å². The van der Waals surface area contributed by atoms with E-state index < -0.39 is 5.91 Å². The van der Waals surface area contributed by atoms with Gasteiger partial charge in [-0.1, -0.05) is 41.4 Å². The van der Waals surface area contributed by atoms with Crippen molar-refractivity contribution in [3.8, 4) is 22.8 Å². The number of benzene rings is 3. The molecule has 1 amide bonds. The summed E-state index contributed by atoms with van der Waals surface area (Å²) in [4.78, 5) is 17.0. The third-order valence-corrected chi connectivity index (χ3v) is 6.08. The predicted octanol–water partition coefficient (Wildman–Crippen LogP) is 7.90. The Balaban J connectivity index is 1.23. The van der Waals surface area contributed by atoms with Crippen molar-refractivity contribution in [3.05, 3.63) is 100 Å². The molecular weight excluding hydrogens is 529 g/mol. The lowest BCUT2D eigenvalue weighted by molar-refractivity contribution is -0.115. The lowest BCUT2D eigenvalue weighted by Gasteiger charge is -2.11. The van der Waals surface area contributed by atoms with Gasteiger partial charge < -0.3 is 14.2 Å². The van der Waals surface area contributed by atoms with E-state index in [2.05, 4.69) is 15.6 Å². The molecule has 5 rings (SSSR count). The van der Waals surface area contributed by atoms with E-state index in [1.54, 1.807) is 36.4 Å².